The van der Waals surface area contributed by atoms with E-state index >= 15 is 0 Å². The van der Waals surface area contributed by atoms with Crippen LogP contribution in [0.3, 0.4) is 0 Å². The van der Waals surface area contributed by atoms with Gasteiger partial charge in [-0.2, -0.15) is 5.10 Å². The lowest BCUT2D eigenvalue weighted by molar-refractivity contribution is 0.0932. The smallest absolute Gasteiger partial charge is 0.272 e. The number of carbonyl (C=O) groups is 1. The summed E-state index contributed by atoms with van der Waals surface area (Å²) in [5.74, 6) is 0.744. The Morgan fingerprint density at radius 3 is 2.69 bits per heavy atom. The predicted octanol–water partition coefficient (Wildman–Crippen LogP) is 2.08. The summed E-state index contributed by atoms with van der Waals surface area (Å²) in [6.07, 6.45) is 9.70. The van der Waals surface area contributed by atoms with Crippen LogP contribution in [0, 0.1) is 0 Å². The number of nitrogens with zero attached hydrogens (tertiary/aromatic N) is 6. The van der Waals surface area contributed by atoms with E-state index in [2.05, 4.69) is 43.5 Å². The molecule has 156 valence electrons. The largest absolute Gasteiger partial charge is 0.354 e. The fourth-order valence-electron chi connectivity index (χ4n) is 4.22. The highest BCUT2D eigenvalue weighted by atomic mass is 16.2. The molecule has 3 heterocycles. The lowest BCUT2D eigenvalue weighted by atomic mass is 10.2. The zero-order chi connectivity index (χ0) is 20.1. The van der Waals surface area contributed by atoms with Gasteiger partial charge in [-0.15, -0.1) is 10.2 Å². The van der Waals surface area contributed by atoms with Crippen LogP contribution in [0.5, 0.6) is 0 Å². The first-order valence-corrected chi connectivity index (χ1v) is 10.8. The Morgan fingerprint density at radius 1 is 1.10 bits per heavy atom. The zero-order valence-electron chi connectivity index (χ0n) is 17.3. The maximum atomic E-state index is 12.3. The van der Waals surface area contributed by atoms with Gasteiger partial charge in [-0.3, -0.25) is 14.4 Å². The van der Waals surface area contributed by atoms with E-state index in [-0.39, 0.29) is 5.91 Å². The van der Waals surface area contributed by atoms with Crippen molar-refractivity contribution >= 4 is 11.7 Å². The molecule has 1 saturated carbocycles. The maximum Gasteiger partial charge on any atom is 0.272 e. The van der Waals surface area contributed by atoms with E-state index in [1.165, 1.54) is 18.4 Å². The van der Waals surface area contributed by atoms with Crippen molar-refractivity contribution in [1.29, 1.82) is 0 Å². The second kappa shape index (κ2) is 9.35. The summed E-state index contributed by atoms with van der Waals surface area (Å²) >= 11 is 0. The Morgan fingerprint density at radius 2 is 1.97 bits per heavy atom. The molecule has 8 nitrogen and oxygen atoms in total. The van der Waals surface area contributed by atoms with Gasteiger partial charge in [0.25, 0.3) is 5.91 Å². The molecule has 0 spiro atoms. The number of rotatable bonds is 6. The van der Waals surface area contributed by atoms with Crippen LogP contribution in [-0.2, 0) is 13.1 Å². The molecule has 0 aromatic carbocycles. The monoisotopic (exact) mass is 397 g/mol. The summed E-state index contributed by atoms with van der Waals surface area (Å²) in [7, 11) is 0. The molecule has 8 heteroatoms. The molecule has 0 unspecified atom stereocenters. The Hall–Kier alpha value is -2.48. The van der Waals surface area contributed by atoms with Crippen LogP contribution in [0.2, 0.25) is 0 Å². The van der Waals surface area contributed by atoms with Crippen molar-refractivity contribution in [3.63, 3.8) is 0 Å². The van der Waals surface area contributed by atoms with Gasteiger partial charge in [0, 0.05) is 57.1 Å². The highest BCUT2D eigenvalue weighted by Crippen LogP contribution is 2.18. The number of amides is 1. The van der Waals surface area contributed by atoms with E-state index in [0.29, 0.717) is 11.7 Å². The number of hydrogen-bond donors (Lipinski definition) is 1. The third kappa shape index (κ3) is 5.12. The van der Waals surface area contributed by atoms with E-state index in [9.17, 15) is 4.79 Å². The summed E-state index contributed by atoms with van der Waals surface area (Å²) < 4.78 is 1.97. The molecule has 0 radical (unpaired) electrons. The van der Waals surface area contributed by atoms with Gasteiger partial charge in [0.1, 0.15) is 0 Å². The lowest BCUT2D eigenvalue weighted by Gasteiger charge is -2.22. The van der Waals surface area contributed by atoms with Gasteiger partial charge < -0.3 is 10.2 Å². The summed E-state index contributed by atoms with van der Waals surface area (Å²) in [6, 6.07) is 4.02. The van der Waals surface area contributed by atoms with E-state index in [1.807, 2.05) is 16.9 Å². The third-order valence-corrected chi connectivity index (χ3v) is 5.90. The quantitative estimate of drug-likeness (QED) is 0.804. The number of carbonyl (C=O) groups excluding carboxylic acids is 1. The summed E-state index contributed by atoms with van der Waals surface area (Å²) in [5, 5.41) is 16.0. The van der Waals surface area contributed by atoms with E-state index in [1.54, 1.807) is 6.07 Å². The molecule has 1 saturated heterocycles. The van der Waals surface area contributed by atoms with Crippen molar-refractivity contribution in [1.82, 2.24) is 30.2 Å². The van der Waals surface area contributed by atoms with Crippen molar-refractivity contribution in [2.24, 2.45) is 0 Å². The van der Waals surface area contributed by atoms with Crippen LogP contribution < -0.4 is 10.2 Å². The van der Waals surface area contributed by atoms with E-state index in [0.717, 1.165) is 64.3 Å². The van der Waals surface area contributed by atoms with E-state index < -0.39 is 0 Å². The van der Waals surface area contributed by atoms with Gasteiger partial charge in [0.2, 0.25) is 0 Å². The molecule has 29 heavy (non-hydrogen) atoms. The van der Waals surface area contributed by atoms with Crippen molar-refractivity contribution < 1.29 is 4.79 Å². The van der Waals surface area contributed by atoms with Crippen LogP contribution in [-0.4, -0.2) is 63.0 Å². The molecular weight excluding hydrogens is 366 g/mol. The minimum absolute atomic E-state index is 0.106. The van der Waals surface area contributed by atoms with Crippen molar-refractivity contribution in [2.75, 3.05) is 31.1 Å². The first kappa shape index (κ1) is 19.8. The molecule has 4 rings (SSSR count). The topological polar surface area (TPSA) is 79.2 Å². The number of nitrogens with one attached hydrogen (secondary N) is 1. The molecule has 1 aliphatic heterocycles. The average Bonchev–Trinajstić information content (AvgIpc) is 3.36. The summed E-state index contributed by atoms with van der Waals surface area (Å²) in [5.41, 5.74) is 1.67. The van der Waals surface area contributed by atoms with Gasteiger partial charge in [0.05, 0.1) is 6.20 Å². The standard InChI is InChI=1S/C21H31N7O/c1-2-28-16-17(14-22-28)15-26-10-5-11-27(13-12-26)20-9-8-19(24-25-20)21(29)23-18-6-3-4-7-18/h8-9,14,16,18H,2-7,10-13,15H2,1H3,(H,23,29). The Kier molecular flexibility index (Phi) is 6.39. The molecule has 0 bridgehead atoms. The average molecular weight is 398 g/mol. The minimum Gasteiger partial charge on any atom is -0.354 e. The summed E-state index contributed by atoms with van der Waals surface area (Å²) in [6.45, 7) is 7.83. The number of aryl methyl sites for hydroxylation is 1. The Balaban J connectivity index is 1.31. The predicted molar refractivity (Wildman–Crippen MR) is 112 cm³/mol. The second-order valence-corrected chi connectivity index (χ2v) is 8.05. The SMILES string of the molecule is CCn1cc(CN2CCCN(c3ccc(C(=O)NC4CCCC4)nn3)CC2)cn1. The molecular formula is C21H31N7O. The van der Waals surface area contributed by atoms with Crippen LogP contribution in [0.1, 0.15) is 55.1 Å². The van der Waals surface area contributed by atoms with Gasteiger partial charge in [-0.25, -0.2) is 0 Å². The summed E-state index contributed by atoms with van der Waals surface area (Å²) in [4.78, 5) is 17.1. The van der Waals surface area contributed by atoms with Crippen LogP contribution in [0.15, 0.2) is 24.5 Å². The number of aromatic nitrogens is 4. The maximum absolute atomic E-state index is 12.3. The fraction of sp³-hybridized carbons (Fsp3) is 0.619. The highest BCUT2D eigenvalue weighted by Gasteiger charge is 2.20. The minimum atomic E-state index is -0.106. The Labute approximate surface area is 172 Å². The van der Waals surface area contributed by atoms with Gasteiger partial charge in [0.15, 0.2) is 11.5 Å². The Bertz CT molecular complexity index is 798. The number of hydrogen-bond acceptors (Lipinski definition) is 6. The zero-order valence-corrected chi connectivity index (χ0v) is 17.3. The molecule has 1 aliphatic carbocycles. The van der Waals surface area contributed by atoms with Crippen LogP contribution >= 0.6 is 0 Å². The van der Waals surface area contributed by atoms with Crippen LogP contribution in [0.25, 0.3) is 0 Å². The van der Waals surface area contributed by atoms with Crippen molar-refractivity contribution in [2.45, 2.75) is 58.2 Å². The molecule has 2 fully saturated rings. The number of anilines is 1. The molecule has 2 aliphatic rings. The third-order valence-electron chi connectivity index (χ3n) is 5.90. The van der Waals surface area contributed by atoms with Gasteiger partial charge >= 0.3 is 0 Å². The van der Waals surface area contributed by atoms with Crippen molar-refractivity contribution in [3.05, 3.63) is 35.8 Å². The molecule has 1 N–H and O–H groups in total. The first-order valence-electron chi connectivity index (χ1n) is 10.8. The van der Waals surface area contributed by atoms with Gasteiger partial charge in [-0.05, 0) is 38.3 Å². The second-order valence-electron chi connectivity index (χ2n) is 8.05. The normalized spacial score (nSPS) is 18.7. The van der Waals surface area contributed by atoms with E-state index in [4.69, 9.17) is 0 Å². The fourth-order valence-corrected chi connectivity index (χ4v) is 4.22. The molecule has 0 atom stereocenters. The molecule has 2 aromatic rings. The molecule has 2 aromatic heterocycles. The lowest BCUT2D eigenvalue weighted by Crippen LogP contribution is -2.34. The highest BCUT2D eigenvalue weighted by molar-refractivity contribution is 5.92. The van der Waals surface area contributed by atoms with Crippen molar-refractivity contribution in [3.8, 4) is 0 Å². The van der Waals surface area contributed by atoms with Crippen LogP contribution in [0.4, 0.5) is 5.82 Å². The molecule has 1 amide bonds. The first-order chi connectivity index (χ1) is 14.2. The van der Waals surface area contributed by atoms with Gasteiger partial charge in [-0.1, -0.05) is 12.8 Å².